The molecule has 0 saturated carbocycles. The highest BCUT2D eigenvalue weighted by Crippen LogP contribution is 2.13. The van der Waals surface area contributed by atoms with E-state index in [9.17, 15) is 0 Å². The van der Waals surface area contributed by atoms with Crippen LogP contribution in [0, 0.1) is 0 Å². The minimum absolute atomic E-state index is 0.877. The van der Waals surface area contributed by atoms with Gasteiger partial charge in [0.2, 0.25) is 0 Å². The van der Waals surface area contributed by atoms with Gasteiger partial charge in [-0.25, -0.2) is 4.98 Å². The standard InChI is InChI=1S/C13H15N3.C5H10S/c1-4-10(2)14-9-13-15-11-7-5-6-8-12(11)16(13)3;1-3-4-5-6-2/h4-9H,1-3H3;4-5H,3H2,1-2H3/b10-4+,14-9?;5-4+. The maximum absolute atomic E-state index is 4.50. The number of rotatable bonds is 4. The molecule has 0 amide bonds. The van der Waals surface area contributed by atoms with Gasteiger partial charge in [0.15, 0.2) is 5.82 Å². The number of thioether (sulfide) groups is 1. The van der Waals surface area contributed by atoms with E-state index in [1.165, 1.54) is 0 Å². The summed E-state index contributed by atoms with van der Waals surface area (Å²) < 4.78 is 2.04. The van der Waals surface area contributed by atoms with E-state index in [1.807, 2.05) is 49.7 Å². The second-order valence-electron chi connectivity index (χ2n) is 4.72. The number of aryl methyl sites for hydroxylation is 1. The lowest BCUT2D eigenvalue weighted by Gasteiger charge is -1.96. The van der Waals surface area contributed by atoms with E-state index in [4.69, 9.17) is 0 Å². The van der Waals surface area contributed by atoms with Crippen LogP contribution in [0.3, 0.4) is 0 Å². The van der Waals surface area contributed by atoms with E-state index in [0.29, 0.717) is 0 Å². The molecule has 0 aliphatic heterocycles. The number of hydrogen-bond acceptors (Lipinski definition) is 3. The van der Waals surface area contributed by atoms with E-state index in [1.54, 1.807) is 18.0 Å². The number of aliphatic imine (C=N–C) groups is 1. The van der Waals surface area contributed by atoms with Gasteiger partial charge in [0.25, 0.3) is 0 Å². The van der Waals surface area contributed by atoms with Crippen LogP contribution >= 0.6 is 11.8 Å². The summed E-state index contributed by atoms with van der Waals surface area (Å²) >= 11 is 1.75. The molecule has 22 heavy (non-hydrogen) atoms. The van der Waals surface area contributed by atoms with Crippen LogP contribution < -0.4 is 0 Å². The molecule has 4 heteroatoms. The second-order valence-corrected chi connectivity index (χ2v) is 5.47. The number of nitrogens with zero attached hydrogens (tertiary/aromatic N) is 3. The average Bonchev–Trinajstić information content (AvgIpc) is 2.88. The molecule has 3 nitrogen and oxygen atoms in total. The largest absolute Gasteiger partial charge is 0.326 e. The molecule has 1 aromatic carbocycles. The Balaban J connectivity index is 0.000000346. The Labute approximate surface area is 137 Å². The number of aromatic nitrogens is 2. The summed E-state index contributed by atoms with van der Waals surface area (Å²) in [5.74, 6) is 0.877. The van der Waals surface area contributed by atoms with Gasteiger partial charge in [-0.3, -0.25) is 4.99 Å². The minimum atomic E-state index is 0.877. The number of fused-ring (bicyclic) bond motifs is 1. The Morgan fingerprint density at radius 1 is 1.36 bits per heavy atom. The van der Waals surface area contributed by atoms with Crippen LogP contribution in [0.5, 0.6) is 0 Å². The van der Waals surface area contributed by atoms with Crippen LogP contribution in [0.2, 0.25) is 0 Å². The van der Waals surface area contributed by atoms with Gasteiger partial charge in [-0.2, -0.15) is 0 Å². The molecule has 0 N–H and O–H groups in total. The van der Waals surface area contributed by atoms with Crippen molar-refractivity contribution in [1.29, 1.82) is 0 Å². The quantitative estimate of drug-likeness (QED) is 0.727. The van der Waals surface area contributed by atoms with Gasteiger partial charge in [-0.15, -0.1) is 11.8 Å². The molecular weight excluding hydrogens is 290 g/mol. The predicted molar refractivity (Wildman–Crippen MR) is 101 cm³/mol. The van der Waals surface area contributed by atoms with E-state index in [0.717, 1.165) is 29.0 Å². The Hall–Kier alpha value is -1.81. The first-order valence-corrected chi connectivity index (χ1v) is 8.69. The molecular formula is C18H25N3S. The lowest BCUT2D eigenvalue weighted by Crippen LogP contribution is -1.95. The summed E-state index contributed by atoms with van der Waals surface area (Å²) in [6.45, 7) is 6.08. The summed E-state index contributed by atoms with van der Waals surface area (Å²) in [5, 5.41) is 2.10. The first kappa shape index (κ1) is 18.2. The zero-order valence-electron chi connectivity index (χ0n) is 14.1. The normalized spacial score (nSPS) is 12.1. The molecule has 0 spiro atoms. The number of para-hydroxylation sites is 2. The van der Waals surface area contributed by atoms with Crippen LogP contribution in [0.15, 0.2) is 52.5 Å². The van der Waals surface area contributed by atoms with E-state index < -0.39 is 0 Å². The van der Waals surface area contributed by atoms with Crippen LogP contribution in [-0.2, 0) is 7.05 Å². The van der Waals surface area contributed by atoms with Crippen LogP contribution in [0.1, 0.15) is 33.0 Å². The average molecular weight is 315 g/mol. The Kier molecular flexibility index (Phi) is 8.30. The number of allylic oxidation sites excluding steroid dienone is 3. The molecule has 2 rings (SSSR count). The van der Waals surface area contributed by atoms with Gasteiger partial charge < -0.3 is 4.57 Å². The zero-order valence-corrected chi connectivity index (χ0v) is 14.9. The SMILES string of the molecule is C/C=C(\C)N=Cc1nc2ccccc2n1C.CC/C=C/SC. The molecule has 0 aliphatic carbocycles. The maximum atomic E-state index is 4.50. The van der Waals surface area contributed by atoms with Crippen molar-refractivity contribution in [2.75, 3.05) is 6.26 Å². The van der Waals surface area contributed by atoms with Gasteiger partial charge >= 0.3 is 0 Å². The number of benzene rings is 1. The van der Waals surface area contributed by atoms with Crippen molar-refractivity contribution >= 4 is 29.0 Å². The van der Waals surface area contributed by atoms with Crippen molar-refractivity contribution in [1.82, 2.24) is 9.55 Å². The molecule has 0 bridgehead atoms. The van der Waals surface area contributed by atoms with Gasteiger partial charge in [-0.1, -0.05) is 31.2 Å². The monoisotopic (exact) mass is 315 g/mol. The molecule has 0 saturated heterocycles. The van der Waals surface area contributed by atoms with E-state index in [2.05, 4.69) is 40.7 Å². The van der Waals surface area contributed by atoms with E-state index >= 15 is 0 Å². The Morgan fingerprint density at radius 2 is 2.09 bits per heavy atom. The third-order valence-electron chi connectivity index (χ3n) is 3.09. The number of hydrogen-bond donors (Lipinski definition) is 0. The van der Waals surface area contributed by atoms with Crippen molar-refractivity contribution < 1.29 is 0 Å². The highest BCUT2D eigenvalue weighted by atomic mass is 32.2. The van der Waals surface area contributed by atoms with E-state index in [-0.39, 0.29) is 0 Å². The van der Waals surface area contributed by atoms with Gasteiger partial charge in [0, 0.05) is 12.7 Å². The third kappa shape index (κ3) is 5.53. The fourth-order valence-corrected chi connectivity index (χ4v) is 2.09. The van der Waals surface area contributed by atoms with Gasteiger partial charge in [-0.05, 0) is 44.1 Å². The molecule has 0 aliphatic rings. The summed E-state index contributed by atoms with van der Waals surface area (Å²) in [6, 6.07) is 8.08. The Morgan fingerprint density at radius 3 is 2.64 bits per heavy atom. The fourth-order valence-electron chi connectivity index (χ4n) is 1.71. The maximum Gasteiger partial charge on any atom is 0.152 e. The van der Waals surface area contributed by atoms with Gasteiger partial charge in [0.1, 0.15) is 0 Å². The summed E-state index contributed by atoms with van der Waals surface area (Å²) in [4.78, 5) is 8.83. The summed E-state index contributed by atoms with van der Waals surface area (Å²) in [7, 11) is 2.00. The molecule has 1 aromatic heterocycles. The minimum Gasteiger partial charge on any atom is -0.326 e. The highest BCUT2D eigenvalue weighted by Gasteiger charge is 2.03. The molecule has 0 unspecified atom stereocenters. The van der Waals surface area contributed by atoms with Crippen molar-refractivity contribution in [2.45, 2.75) is 27.2 Å². The first-order valence-electron chi connectivity index (χ1n) is 7.40. The van der Waals surface area contributed by atoms with Crippen molar-refractivity contribution in [3.63, 3.8) is 0 Å². The fraction of sp³-hybridized carbons (Fsp3) is 0.333. The summed E-state index contributed by atoms with van der Waals surface area (Å²) in [6.07, 6.45) is 9.13. The van der Waals surface area contributed by atoms with Crippen molar-refractivity contribution in [3.05, 3.63) is 53.3 Å². The van der Waals surface area contributed by atoms with Crippen LogP contribution in [-0.4, -0.2) is 22.0 Å². The molecule has 1 heterocycles. The summed E-state index contributed by atoms with van der Waals surface area (Å²) in [5.41, 5.74) is 3.12. The lowest BCUT2D eigenvalue weighted by molar-refractivity contribution is 0.934. The zero-order chi connectivity index (χ0) is 16.4. The predicted octanol–water partition coefficient (Wildman–Crippen LogP) is 5.19. The highest BCUT2D eigenvalue weighted by molar-refractivity contribution is 8.01. The second kappa shape index (κ2) is 10.0. The third-order valence-corrected chi connectivity index (χ3v) is 3.56. The molecule has 2 aromatic rings. The van der Waals surface area contributed by atoms with Crippen molar-refractivity contribution in [3.8, 4) is 0 Å². The van der Waals surface area contributed by atoms with Crippen LogP contribution in [0.25, 0.3) is 11.0 Å². The smallest absolute Gasteiger partial charge is 0.152 e. The number of imidazole rings is 1. The molecule has 0 atom stereocenters. The first-order chi connectivity index (χ1) is 10.6. The molecule has 0 fully saturated rings. The Bertz CT molecular complexity index is 660. The molecule has 118 valence electrons. The van der Waals surface area contributed by atoms with Gasteiger partial charge in [0.05, 0.1) is 17.2 Å². The topological polar surface area (TPSA) is 30.2 Å². The van der Waals surface area contributed by atoms with Crippen molar-refractivity contribution in [2.24, 2.45) is 12.0 Å². The molecule has 0 radical (unpaired) electrons. The lowest BCUT2D eigenvalue weighted by atomic mass is 10.3. The van der Waals surface area contributed by atoms with Crippen LogP contribution in [0.4, 0.5) is 0 Å².